The Kier molecular flexibility index (Phi) is 3.34. The third-order valence-corrected chi connectivity index (χ3v) is 6.42. The van der Waals surface area contributed by atoms with Gasteiger partial charge in [0.2, 0.25) is 0 Å². The molecule has 2 saturated carbocycles. The summed E-state index contributed by atoms with van der Waals surface area (Å²) in [6.45, 7) is 4.97. The van der Waals surface area contributed by atoms with Gasteiger partial charge in [0.25, 0.3) is 0 Å². The molecule has 0 N–H and O–H groups in total. The van der Waals surface area contributed by atoms with E-state index in [9.17, 15) is 0 Å². The highest BCUT2D eigenvalue weighted by Gasteiger charge is 2.53. The number of rotatable bonds is 3. The van der Waals surface area contributed by atoms with Crippen molar-refractivity contribution in [2.45, 2.75) is 51.6 Å². The molecule has 1 heterocycles. The Labute approximate surface area is 123 Å². The van der Waals surface area contributed by atoms with Crippen LogP contribution in [0.15, 0.2) is 30.3 Å². The van der Waals surface area contributed by atoms with Gasteiger partial charge in [0.05, 0.1) is 0 Å². The molecule has 1 nitrogen and oxygen atoms in total. The van der Waals surface area contributed by atoms with Gasteiger partial charge in [-0.05, 0) is 48.5 Å². The van der Waals surface area contributed by atoms with Crippen molar-refractivity contribution < 1.29 is 0 Å². The van der Waals surface area contributed by atoms with Crippen LogP contribution in [-0.4, -0.2) is 17.5 Å². The molecule has 1 aromatic carbocycles. The lowest BCUT2D eigenvalue weighted by Gasteiger charge is -2.37. The summed E-state index contributed by atoms with van der Waals surface area (Å²) >= 11 is 0. The lowest BCUT2D eigenvalue weighted by Crippen LogP contribution is -2.38. The highest BCUT2D eigenvalue weighted by Crippen LogP contribution is 2.55. The summed E-state index contributed by atoms with van der Waals surface area (Å²) in [5.74, 6) is 4.16. The van der Waals surface area contributed by atoms with E-state index in [4.69, 9.17) is 0 Å². The first-order chi connectivity index (χ1) is 9.86. The highest BCUT2D eigenvalue weighted by molar-refractivity contribution is 5.16. The van der Waals surface area contributed by atoms with Gasteiger partial charge in [-0.1, -0.05) is 50.1 Å². The van der Waals surface area contributed by atoms with E-state index in [0.717, 1.165) is 29.7 Å². The molecule has 0 radical (unpaired) electrons. The Hall–Kier alpha value is -0.820. The van der Waals surface area contributed by atoms with Gasteiger partial charge in [0, 0.05) is 19.1 Å². The minimum Gasteiger partial charge on any atom is -0.296 e. The third kappa shape index (κ3) is 2.02. The van der Waals surface area contributed by atoms with Crippen LogP contribution in [0, 0.1) is 23.7 Å². The zero-order valence-corrected chi connectivity index (χ0v) is 12.7. The normalized spacial score (nSPS) is 40.0. The van der Waals surface area contributed by atoms with Crippen LogP contribution in [0.4, 0.5) is 0 Å². The van der Waals surface area contributed by atoms with Crippen LogP contribution < -0.4 is 0 Å². The molecule has 0 aromatic heterocycles. The molecule has 3 fully saturated rings. The van der Waals surface area contributed by atoms with Gasteiger partial charge >= 0.3 is 0 Å². The predicted octanol–water partition coefficient (Wildman–Crippen LogP) is 4.33. The first kappa shape index (κ1) is 12.9. The van der Waals surface area contributed by atoms with Crippen molar-refractivity contribution in [2.24, 2.45) is 23.7 Å². The van der Waals surface area contributed by atoms with Gasteiger partial charge in [-0.25, -0.2) is 0 Å². The van der Waals surface area contributed by atoms with Gasteiger partial charge in [-0.2, -0.15) is 0 Å². The second kappa shape index (κ2) is 5.18. The summed E-state index contributed by atoms with van der Waals surface area (Å²) < 4.78 is 0. The smallest absolute Gasteiger partial charge is 0.0236 e. The van der Waals surface area contributed by atoms with Crippen LogP contribution in [0.1, 0.15) is 44.6 Å². The van der Waals surface area contributed by atoms with Gasteiger partial charge in [-0.15, -0.1) is 0 Å². The van der Waals surface area contributed by atoms with Crippen molar-refractivity contribution in [1.82, 2.24) is 4.90 Å². The standard InChI is InChI=1S/C19H27N/c1-2-15-11-16-13-20(12-14-7-4-3-5-8-14)18-10-6-9-17(15)19(16)18/h3-5,7-8,15-19H,2,6,9-13H2,1H3/t15-,16+,17+,18+,19-/m0/s1. The number of nitrogens with zero attached hydrogens (tertiary/aromatic N) is 1. The van der Waals surface area contributed by atoms with Gasteiger partial charge < -0.3 is 0 Å². The zero-order chi connectivity index (χ0) is 13.5. The molecular weight excluding hydrogens is 242 g/mol. The van der Waals surface area contributed by atoms with Crippen molar-refractivity contribution in [1.29, 1.82) is 0 Å². The second-order valence-electron chi connectivity index (χ2n) is 7.32. The Morgan fingerprint density at radius 3 is 2.80 bits per heavy atom. The predicted molar refractivity (Wildman–Crippen MR) is 83.4 cm³/mol. The highest BCUT2D eigenvalue weighted by atomic mass is 15.2. The van der Waals surface area contributed by atoms with Gasteiger partial charge in [0.1, 0.15) is 0 Å². The van der Waals surface area contributed by atoms with E-state index < -0.39 is 0 Å². The van der Waals surface area contributed by atoms with Crippen molar-refractivity contribution >= 4 is 0 Å². The Bertz CT molecular complexity index is 454. The lowest BCUT2D eigenvalue weighted by molar-refractivity contribution is 0.117. The summed E-state index contributed by atoms with van der Waals surface area (Å²) in [5, 5.41) is 0. The molecule has 5 atom stereocenters. The Balaban J connectivity index is 1.52. The maximum atomic E-state index is 2.82. The SMILES string of the molecule is CC[C@H]1C[C@@H]2CN(Cc3ccccc3)[C@@H]3CCC[C@H]1[C@H]23. The van der Waals surface area contributed by atoms with Crippen molar-refractivity contribution in [3.8, 4) is 0 Å². The fourth-order valence-electron chi connectivity index (χ4n) is 5.70. The number of hydrogen-bond acceptors (Lipinski definition) is 1. The van der Waals surface area contributed by atoms with E-state index in [-0.39, 0.29) is 0 Å². The molecule has 108 valence electrons. The van der Waals surface area contributed by atoms with Crippen molar-refractivity contribution in [3.05, 3.63) is 35.9 Å². The van der Waals surface area contributed by atoms with Crippen LogP contribution in [0.25, 0.3) is 0 Å². The van der Waals surface area contributed by atoms with Gasteiger partial charge in [-0.3, -0.25) is 4.90 Å². The average Bonchev–Trinajstić information content (AvgIpc) is 3.02. The lowest BCUT2D eigenvalue weighted by atomic mass is 9.74. The van der Waals surface area contributed by atoms with Crippen molar-refractivity contribution in [3.63, 3.8) is 0 Å². The second-order valence-corrected chi connectivity index (χ2v) is 7.32. The minimum absolute atomic E-state index is 0.899. The summed E-state index contributed by atoms with van der Waals surface area (Å²) in [6.07, 6.45) is 7.40. The number of hydrogen-bond donors (Lipinski definition) is 0. The van der Waals surface area contributed by atoms with Crippen LogP contribution in [-0.2, 0) is 6.54 Å². The molecule has 0 unspecified atom stereocenters. The zero-order valence-electron chi connectivity index (χ0n) is 12.7. The summed E-state index contributed by atoms with van der Waals surface area (Å²) in [7, 11) is 0. The average molecular weight is 269 g/mol. The molecule has 3 aliphatic rings. The Morgan fingerprint density at radius 1 is 1.15 bits per heavy atom. The quantitative estimate of drug-likeness (QED) is 0.789. The number of likely N-dealkylation sites (tertiary alicyclic amines) is 1. The Morgan fingerprint density at radius 2 is 2.00 bits per heavy atom. The monoisotopic (exact) mass is 269 g/mol. The molecule has 1 aliphatic heterocycles. The molecular formula is C19H27N. The van der Waals surface area contributed by atoms with E-state index in [1.54, 1.807) is 0 Å². The van der Waals surface area contributed by atoms with E-state index in [1.807, 2.05) is 0 Å². The summed E-state index contributed by atoms with van der Waals surface area (Å²) in [5.41, 5.74) is 1.50. The first-order valence-electron chi connectivity index (χ1n) is 8.64. The van der Waals surface area contributed by atoms with Gasteiger partial charge in [0.15, 0.2) is 0 Å². The number of benzene rings is 1. The maximum absolute atomic E-state index is 2.82. The molecule has 0 bridgehead atoms. The summed E-state index contributed by atoms with van der Waals surface area (Å²) in [4.78, 5) is 2.82. The van der Waals surface area contributed by atoms with Crippen LogP contribution >= 0.6 is 0 Å². The third-order valence-electron chi connectivity index (χ3n) is 6.42. The molecule has 0 spiro atoms. The molecule has 1 heteroatoms. The van der Waals surface area contributed by atoms with E-state index in [2.05, 4.69) is 42.2 Å². The van der Waals surface area contributed by atoms with Crippen LogP contribution in [0.3, 0.4) is 0 Å². The molecule has 20 heavy (non-hydrogen) atoms. The molecule has 1 saturated heterocycles. The largest absolute Gasteiger partial charge is 0.296 e. The van der Waals surface area contributed by atoms with E-state index in [0.29, 0.717) is 0 Å². The van der Waals surface area contributed by atoms with Crippen LogP contribution in [0.5, 0.6) is 0 Å². The van der Waals surface area contributed by atoms with Crippen molar-refractivity contribution in [2.75, 3.05) is 6.54 Å². The van der Waals surface area contributed by atoms with E-state index >= 15 is 0 Å². The fraction of sp³-hybridized carbons (Fsp3) is 0.684. The fourth-order valence-corrected chi connectivity index (χ4v) is 5.70. The molecule has 0 amide bonds. The topological polar surface area (TPSA) is 3.24 Å². The molecule has 4 rings (SSSR count). The van der Waals surface area contributed by atoms with Crippen LogP contribution in [0.2, 0.25) is 0 Å². The first-order valence-corrected chi connectivity index (χ1v) is 8.64. The summed E-state index contributed by atoms with van der Waals surface area (Å²) in [6, 6.07) is 12.0. The van der Waals surface area contributed by atoms with E-state index in [1.165, 1.54) is 50.8 Å². The molecule has 2 aliphatic carbocycles. The maximum Gasteiger partial charge on any atom is 0.0236 e. The minimum atomic E-state index is 0.899. The molecule has 1 aromatic rings.